The number of morpholine rings is 1. The second-order valence-corrected chi connectivity index (χ2v) is 13.3. The fourth-order valence-corrected chi connectivity index (χ4v) is 7.40. The van der Waals surface area contributed by atoms with Crippen molar-refractivity contribution in [1.29, 1.82) is 0 Å². The van der Waals surface area contributed by atoms with Gasteiger partial charge in [0.15, 0.2) is 0 Å². The molecule has 0 radical (unpaired) electrons. The standard InChI is InChI=1S/C34H42ClF3N8O3.CH4.2H2S/c1-39-20-25-21-45(14-15-46(25)30(47)9-5-12-43-16-18-48-19-17-43)32-26-10-13-44(29-8-3-7-27(35)31(29)34(36,37)38)22-28(26)40-33(41-32)49-23-24-6-4-11-42(24)2;;;/h3,5,7-9,24-25H,4,6,10-23H2,2H3;1H4;2*1H2/b9-5+;;;/t24-,25-;;;/m0.../s1. The normalized spacial score (nSPS) is 21.1. The van der Waals surface area contributed by atoms with Crippen LogP contribution in [-0.4, -0.2) is 128 Å². The molecule has 4 aliphatic heterocycles. The third-order valence-electron chi connectivity index (χ3n) is 9.81. The van der Waals surface area contributed by atoms with Crippen LogP contribution in [0, 0.1) is 6.57 Å². The molecule has 2 aromatic rings. The van der Waals surface area contributed by atoms with Crippen LogP contribution >= 0.6 is 38.6 Å². The summed E-state index contributed by atoms with van der Waals surface area (Å²) in [4.78, 5) is 36.5. The van der Waals surface area contributed by atoms with E-state index in [1.165, 1.54) is 18.2 Å². The Morgan fingerprint density at radius 3 is 2.56 bits per heavy atom. The van der Waals surface area contributed by atoms with Crippen molar-refractivity contribution in [3.05, 3.63) is 63.6 Å². The van der Waals surface area contributed by atoms with Crippen molar-refractivity contribution < 1.29 is 27.4 Å². The van der Waals surface area contributed by atoms with E-state index >= 15 is 0 Å². The maximum atomic E-state index is 14.1. The van der Waals surface area contributed by atoms with Gasteiger partial charge in [0.2, 0.25) is 12.5 Å². The average Bonchev–Trinajstić information content (AvgIpc) is 3.50. The molecule has 0 N–H and O–H groups in total. The number of carbonyl (C=O) groups excluding carboxylic acids is 1. The third kappa shape index (κ3) is 10.2. The summed E-state index contributed by atoms with van der Waals surface area (Å²) in [5.74, 6) is 0.514. The van der Waals surface area contributed by atoms with Crippen LogP contribution in [0.15, 0.2) is 30.4 Å². The van der Waals surface area contributed by atoms with Crippen molar-refractivity contribution in [3.8, 4) is 6.01 Å². The number of benzene rings is 1. The van der Waals surface area contributed by atoms with Gasteiger partial charge in [-0.15, -0.1) is 0 Å². The number of likely N-dealkylation sites (N-methyl/N-ethyl adjacent to an activating group) is 1. The van der Waals surface area contributed by atoms with Gasteiger partial charge in [-0.1, -0.05) is 31.2 Å². The highest BCUT2D eigenvalue weighted by atomic mass is 35.5. The number of ether oxygens (including phenoxy) is 2. The van der Waals surface area contributed by atoms with Crippen LogP contribution in [0.25, 0.3) is 4.85 Å². The summed E-state index contributed by atoms with van der Waals surface area (Å²) < 4.78 is 54.0. The maximum Gasteiger partial charge on any atom is 0.419 e. The predicted molar refractivity (Wildman–Crippen MR) is 207 cm³/mol. The first kappa shape index (κ1) is 43.5. The topological polar surface area (TPSA) is 81.9 Å². The van der Waals surface area contributed by atoms with Crippen LogP contribution in [0.3, 0.4) is 0 Å². The highest BCUT2D eigenvalue weighted by molar-refractivity contribution is 7.59. The summed E-state index contributed by atoms with van der Waals surface area (Å²) in [5.41, 5.74) is 0.568. The molecule has 52 heavy (non-hydrogen) atoms. The average molecular weight is 787 g/mol. The van der Waals surface area contributed by atoms with Crippen LogP contribution in [0.1, 0.15) is 37.1 Å². The van der Waals surface area contributed by atoms with Gasteiger partial charge < -0.3 is 33.9 Å². The summed E-state index contributed by atoms with van der Waals surface area (Å²) in [6.45, 7) is 14.5. The van der Waals surface area contributed by atoms with Crippen LogP contribution in [0.4, 0.5) is 24.7 Å². The van der Waals surface area contributed by atoms with Crippen molar-refractivity contribution in [3.63, 3.8) is 0 Å². The number of fused-ring (bicyclic) bond motifs is 1. The summed E-state index contributed by atoms with van der Waals surface area (Å²) in [5, 5.41) is -0.349. The first-order chi connectivity index (χ1) is 23.6. The fraction of sp³-hybridized carbons (Fsp3) is 0.600. The Morgan fingerprint density at radius 1 is 1.10 bits per heavy atom. The number of halogens is 4. The van der Waals surface area contributed by atoms with E-state index in [4.69, 9.17) is 37.6 Å². The largest absolute Gasteiger partial charge is 0.462 e. The zero-order valence-electron chi connectivity index (χ0n) is 28.7. The molecule has 0 bridgehead atoms. The van der Waals surface area contributed by atoms with Gasteiger partial charge in [0.05, 0.1) is 41.7 Å². The smallest absolute Gasteiger partial charge is 0.419 e. The van der Waals surface area contributed by atoms with Gasteiger partial charge in [0.25, 0.3) is 0 Å². The van der Waals surface area contributed by atoms with Crippen molar-refractivity contribution in [2.45, 2.75) is 51.5 Å². The van der Waals surface area contributed by atoms with Crippen LogP contribution in [-0.2, 0) is 28.7 Å². The Balaban J connectivity index is 0.00000243. The molecule has 0 aliphatic carbocycles. The Kier molecular flexibility index (Phi) is 16.2. The Bertz CT molecular complexity index is 1580. The van der Waals surface area contributed by atoms with E-state index < -0.39 is 11.7 Å². The van der Waals surface area contributed by atoms with Gasteiger partial charge >= 0.3 is 12.2 Å². The minimum absolute atomic E-state index is 0. The molecule has 3 fully saturated rings. The molecular formula is C35H50ClF3N8O3S2. The molecule has 288 valence electrons. The monoisotopic (exact) mass is 786 g/mol. The molecule has 1 aromatic heterocycles. The highest BCUT2D eigenvalue weighted by Gasteiger charge is 2.39. The SMILES string of the molecule is C.S.S.[C-]#[N+]C[C@H]1CN(c2nc(OC[C@@H]3CCCN3C)nc3c2CCN(c2cccc(Cl)c2C(F)(F)F)C3)CCN1C(=O)/C=C/CN1CCOCC1. The van der Waals surface area contributed by atoms with E-state index in [9.17, 15) is 18.0 Å². The number of hydrogen-bond acceptors (Lipinski definition) is 9. The number of amides is 1. The summed E-state index contributed by atoms with van der Waals surface area (Å²) in [7, 11) is 2.05. The van der Waals surface area contributed by atoms with Crippen molar-refractivity contribution >= 4 is 56.0 Å². The van der Waals surface area contributed by atoms with Gasteiger partial charge in [-0.2, -0.15) is 50.1 Å². The summed E-state index contributed by atoms with van der Waals surface area (Å²) in [6, 6.07) is 4.24. The van der Waals surface area contributed by atoms with Gasteiger partial charge in [0, 0.05) is 63.5 Å². The molecule has 0 saturated carbocycles. The Hall–Kier alpha value is -2.94. The molecule has 0 spiro atoms. The summed E-state index contributed by atoms with van der Waals surface area (Å²) in [6.07, 6.45) is 1.31. The number of aromatic nitrogens is 2. The Morgan fingerprint density at radius 2 is 1.87 bits per heavy atom. The van der Waals surface area contributed by atoms with Gasteiger partial charge in [0.1, 0.15) is 18.5 Å². The quantitative estimate of drug-likeness (QED) is 0.262. The number of hydrogen-bond donors (Lipinski definition) is 0. The minimum Gasteiger partial charge on any atom is -0.462 e. The van der Waals surface area contributed by atoms with E-state index in [0.29, 0.717) is 70.5 Å². The lowest BCUT2D eigenvalue weighted by Gasteiger charge is -2.41. The second-order valence-electron chi connectivity index (χ2n) is 12.9. The highest BCUT2D eigenvalue weighted by Crippen LogP contribution is 2.43. The first-order valence-corrected chi connectivity index (χ1v) is 17.2. The van der Waals surface area contributed by atoms with Gasteiger partial charge in [-0.05, 0) is 45.0 Å². The van der Waals surface area contributed by atoms with Crippen molar-refractivity contribution in [1.82, 2.24) is 24.7 Å². The molecule has 6 rings (SSSR count). The molecule has 17 heteroatoms. The molecule has 4 aliphatic rings. The number of anilines is 2. The number of piperazine rings is 1. The van der Waals surface area contributed by atoms with Crippen LogP contribution in [0.5, 0.6) is 6.01 Å². The molecule has 3 saturated heterocycles. The number of nitrogens with zero attached hydrogens (tertiary/aromatic N) is 8. The molecule has 2 atom stereocenters. The van der Waals surface area contributed by atoms with E-state index in [1.54, 1.807) is 15.9 Å². The van der Waals surface area contributed by atoms with Crippen molar-refractivity contribution in [2.24, 2.45) is 0 Å². The lowest BCUT2D eigenvalue weighted by atomic mass is 10.0. The second kappa shape index (κ2) is 19.4. The molecule has 0 unspecified atom stereocenters. The maximum absolute atomic E-state index is 14.1. The van der Waals surface area contributed by atoms with E-state index in [-0.39, 0.29) is 82.2 Å². The zero-order valence-corrected chi connectivity index (χ0v) is 31.4. The number of rotatable bonds is 9. The summed E-state index contributed by atoms with van der Waals surface area (Å²) >= 11 is 6.07. The number of likely N-dealkylation sites (tertiary alicyclic amines) is 1. The lowest BCUT2D eigenvalue weighted by Crippen LogP contribution is -2.56. The van der Waals surface area contributed by atoms with Crippen molar-refractivity contribution in [2.75, 3.05) is 95.6 Å². The Labute approximate surface area is 323 Å². The van der Waals surface area contributed by atoms with Crippen LogP contribution < -0.4 is 14.5 Å². The molecule has 11 nitrogen and oxygen atoms in total. The van der Waals surface area contributed by atoms with Gasteiger partial charge in [-0.25, -0.2) is 6.57 Å². The molecule has 5 heterocycles. The third-order valence-corrected chi connectivity index (χ3v) is 10.1. The predicted octanol–water partition coefficient (Wildman–Crippen LogP) is 4.87. The van der Waals surface area contributed by atoms with E-state index in [2.05, 4.69) is 26.6 Å². The number of carbonyl (C=O) groups is 1. The molecule has 1 aromatic carbocycles. The molecular weight excluding hydrogens is 737 g/mol. The molecule has 1 amide bonds. The number of alkyl halides is 3. The van der Waals surface area contributed by atoms with Crippen LogP contribution in [0.2, 0.25) is 5.02 Å². The van der Waals surface area contributed by atoms with E-state index in [0.717, 1.165) is 38.0 Å². The fourth-order valence-electron chi connectivity index (χ4n) is 7.12. The van der Waals surface area contributed by atoms with E-state index in [1.807, 2.05) is 6.08 Å². The van der Waals surface area contributed by atoms with Gasteiger partial charge in [-0.3, -0.25) is 9.69 Å². The lowest BCUT2D eigenvalue weighted by molar-refractivity contribution is -0.137. The first-order valence-electron chi connectivity index (χ1n) is 16.8. The zero-order chi connectivity index (χ0) is 34.5. The minimum atomic E-state index is -4.63.